The van der Waals surface area contributed by atoms with Crippen molar-refractivity contribution in [2.24, 2.45) is 5.92 Å². The molecule has 0 aliphatic carbocycles. The SMILES string of the molecule is CC(C)CCCOC(=O)CCCCCCCCC(=O)OCC(C)Cl. The fourth-order valence-electron chi connectivity index (χ4n) is 2.28. The molecule has 0 aromatic carbocycles. The minimum Gasteiger partial charge on any atom is -0.466 e. The zero-order chi connectivity index (χ0) is 18.2. The maximum absolute atomic E-state index is 11.5. The molecule has 1 unspecified atom stereocenters. The summed E-state index contributed by atoms with van der Waals surface area (Å²) in [5, 5.41) is -0.129. The summed E-state index contributed by atoms with van der Waals surface area (Å²) in [4.78, 5) is 22.9. The summed E-state index contributed by atoms with van der Waals surface area (Å²) in [7, 11) is 0. The second-order valence-corrected chi connectivity index (χ2v) is 7.59. The highest BCUT2D eigenvalue weighted by Crippen LogP contribution is 2.10. The lowest BCUT2D eigenvalue weighted by Gasteiger charge is -2.07. The van der Waals surface area contributed by atoms with E-state index in [0.29, 0.717) is 25.4 Å². The number of carbonyl (C=O) groups is 2. The van der Waals surface area contributed by atoms with Gasteiger partial charge in [0.1, 0.15) is 6.61 Å². The average molecular weight is 363 g/mol. The number of hydrogen-bond donors (Lipinski definition) is 0. The van der Waals surface area contributed by atoms with E-state index in [9.17, 15) is 9.59 Å². The molecule has 142 valence electrons. The van der Waals surface area contributed by atoms with E-state index < -0.39 is 0 Å². The van der Waals surface area contributed by atoms with E-state index in [2.05, 4.69) is 13.8 Å². The number of esters is 2. The van der Waals surface area contributed by atoms with Crippen LogP contribution in [0.5, 0.6) is 0 Å². The Kier molecular flexibility index (Phi) is 15.2. The summed E-state index contributed by atoms with van der Waals surface area (Å²) in [6, 6.07) is 0. The highest BCUT2D eigenvalue weighted by molar-refractivity contribution is 6.20. The molecule has 0 amide bonds. The van der Waals surface area contributed by atoms with Crippen LogP contribution in [0.2, 0.25) is 0 Å². The van der Waals surface area contributed by atoms with Gasteiger partial charge >= 0.3 is 11.9 Å². The average Bonchev–Trinajstić information content (AvgIpc) is 2.51. The summed E-state index contributed by atoms with van der Waals surface area (Å²) in [6.45, 7) is 6.98. The van der Waals surface area contributed by atoms with Crippen LogP contribution < -0.4 is 0 Å². The van der Waals surface area contributed by atoms with Crippen molar-refractivity contribution < 1.29 is 19.1 Å². The van der Waals surface area contributed by atoms with Gasteiger partial charge in [-0.15, -0.1) is 11.6 Å². The predicted molar refractivity (Wildman–Crippen MR) is 98.2 cm³/mol. The predicted octanol–water partition coefficient (Wildman–Crippen LogP) is 5.26. The molecular formula is C19H35ClO4. The van der Waals surface area contributed by atoms with E-state index in [4.69, 9.17) is 21.1 Å². The first kappa shape index (κ1) is 23.2. The first-order valence-electron chi connectivity index (χ1n) is 9.37. The van der Waals surface area contributed by atoms with Gasteiger partial charge in [-0.25, -0.2) is 0 Å². The van der Waals surface area contributed by atoms with Crippen LogP contribution in [0.15, 0.2) is 0 Å². The molecule has 0 spiro atoms. The maximum Gasteiger partial charge on any atom is 0.305 e. The number of rotatable bonds is 15. The molecule has 0 fully saturated rings. The van der Waals surface area contributed by atoms with Gasteiger partial charge in [0.15, 0.2) is 0 Å². The van der Waals surface area contributed by atoms with Crippen LogP contribution in [0, 0.1) is 5.92 Å². The maximum atomic E-state index is 11.5. The van der Waals surface area contributed by atoms with E-state index in [1.807, 2.05) is 0 Å². The van der Waals surface area contributed by atoms with Crippen molar-refractivity contribution in [1.29, 1.82) is 0 Å². The molecule has 1 atom stereocenters. The van der Waals surface area contributed by atoms with Crippen molar-refractivity contribution in [2.75, 3.05) is 13.2 Å². The second kappa shape index (κ2) is 15.7. The Morgan fingerprint density at radius 3 is 1.79 bits per heavy atom. The first-order valence-corrected chi connectivity index (χ1v) is 9.80. The Balaban J connectivity index is 3.30. The standard InChI is InChI=1S/C19H35ClO4/c1-16(2)11-10-14-23-18(21)12-8-6-4-5-7-9-13-19(22)24-15-17(3)20/h16-17H,4-15H2,1-3H3. The van der Waals surface area contributed by atoms with Gasteiger partial charge in [0.25, 0.3) is 0 Å². The number of halogens is 1. The third kappa shape index (κ3) is 17.6. The van der Waals surface area contributed by atoms with E-state index in [-0.39, 0.29) is 23.9 Å². The Hall–Kier alpha value is -0.770. The minimum atomic E-state index is -0.164. The molecule has 0 aliphatic rings. The normalized spacial score (nSPS) is 12.2. The number of unbranched alkanes of at least 4 members (excludes halogenated alkanes) is 5. The van der Waals surface area contributed by atoms with Gasteiger partial charge in [-0.1, -0.05) is 39.5 Å². The monoisotopic (exact) mass is 362 g/mol. The van der Waals surface area contributed by atoms with Crippen molar-refractivity contribution in [1.82, 2.24) is 0 Å². The first-order chi connectivity index (χ1) is 11.4. The highest BCUT2D eigenvalue weighted by Gasteiger charge is 2.05. The van der Waals surface area contributed by atoms with Crippen LogP contribution >= 0.6 is 11.6 Å². The summed E-state index contributed by atoms with van der Waals surface area (Å²) in [5.74, 6) is 0.423. The molecule has 4 nitrogen and oxygen atoms in total. The molecule has 0 radical (unpaired) electrons. The fraction of sp³-hybridized carbons (Fsp3) is 0.895. The van der Waals surface area contributed by atoms with Crippen molar-refractivity contribution >= 4 is 23.5 Å². The third-order valence-corrected chi connectivity index (χ3v) is 3.80. The van der Waals surface area contributed by atoms with Gasteiger partial charge in [-0.2, -0.15) is 0 Å². The number of carbonyl (C=O) groups excluding carboxylic acids is 2. The molecule has 24 heavy (non-hydrogen) atoms. The second-order valence-electron chi connectivity index (χ2n) is 6.84. The largest absolute Gasteiger partial charge is 0.466 e. The summed E-state index contributed by atoms with van der Waals surface area (Å²) >= 11 is 5.71. The van der Waals surface area contributed by atoms with E-state index in [0.717, 1.165) is 51.4 Å². The van der Waals surface area contributed by atoms with E-state index in [1.54, 1.807) is 6.92 Å². The van der Waals surface area contributed by atoms with Gasteiger partial charge in [0.2, 0.25) is 0 Å². The molecular weight excluding hydrogens is 328 g/mol. The topological polar surface area (TPSA) is 52.6 Å². The summed E-state index contributed by atoms with van der Waals surface area (Å²) in [6.07, 6.45) is 9.02. The van der Waals surface area contributed by atoms with Gasteiger partial charge in [-0.3, -0.25) is 9.59 Å². The molecule has 0 bridgehead atoms. The molecule has 5 heteroatoms. The van der Waals surface area contributed by atoms with Crippen molar-refractivity contribution in [3.63, 3.8) is 0 Å². The minimum absolute atomic E-state index is 0.0741. The fourth-order valence-corrected chi connectivity index (χ4v) is 2.34. The molecule has 0 N–H and O–H groups in total. The van der Waals surface area contributed by atoms with Crippen LogP contribution in [0.1, 0.15) is 85.0 Å². The molecule has 0 heterocycles. The highest BCUT2D eigenvalue weighted by atomic mass is 35.5. The van der Waals surface area contributed by atoms with Crippen LogP contribution in [0.4, 0.5) is 0 Å². The zero-order valence-corrected chi connectivity index (χ0v) is 16.4. The number of hydrogen-bond acceptors (Lipinski definition) is 4. The van der Waals surface area contributed by atoms with Gasteiger partial charge in [0.05, 0.1) is 12.0 Å². The number of alkyl halides is 1. The van der Waals surface area contributed by atoms with Crippen molar-refractivity contribution in [3.8, 4) is 0 Å². The van der Waals surface area contributed by atoms with Crippen molar-refractivity contribution in [2.45, 2.75) is 90.4 Å². The molecule has 0 saturated carbocycles. The smallest absolute Gasteiger partial charge is 0.305 e. The zero-order valence-electron chi connectivity index (χ0n) is 15.7. The Labute approximate surface area is 152 Å². The molecule has 0 aliphatic heterocycles. The lowest BCUT2D eigenvalue weighted by atomic mass is 10.1. The molecule has 0 rings (SSSR count). The van der Waals surface area contributed by atoms with Gasteiger partial charge < -0.3 is 9.47 Å². The van der Waals surface area contributed by atoms with Crippen LogP contribution in [-0.4, -0.2) is 30.5 Å². The quantitative estimate of drug-likeness (QED) is 0.226. The van der Waals surface area contributed by atoms with E-state index in [1.165, 1.54) is 0 Å². The Morgan fingerprint density at radius 2 is 1.29 bits per heavy atom. The van der Waals surface area contributed by atoms with Gasteiger partial charge in [-0.05, 0) is 38.5 Å². The third-order valence-electron chi connectivity index (χ3n) is 3.67. The van der Waals surface area contributed by atoms with E-state index >= 15 is 0 Å². The number of ether oxygens (including phenoxy) is 2. The summed E-state index contributed by atoms with van der Waals surface area (Å²) in [5.41, 5.74) is 0. The Morgan fingerprint density at radius 1 is 0.792 bits per heavy atom. The lowest BCUT2D eigenvalue weighted by molar-refractivity contribution is -0.144. The lowest BCUT2D eigenvalue weighted by Crippen LogP contribution is -2.11. The van der Waals surface area contributed by atoms with Crippen LogP contribution in [0.25, 0.3) is 0 Å². The summed E-state index contributed by atoms with van der Waals surface area (Å²) < 4.78 is 10.2. The molecule has 0 saturated heterocycles. The Bertz CT molecular complexity index is 329. The molecule has 0 aromatic heterocycles. The van der Waals surface area contributed by atoms with Crippen LogP contribution in [0.3, 0.4) is 0 Å². The van der Waals surface area contributed by atoms with Crippen LogP contribution in [-0.2, 0) is 19.1 Å². The van der Waals surface area contributed by atoms with Gasteiger partial charge in [0, 0.05) is 12.8 Å². The molecule has 0 aromatic rings. The van der Waals surface area contributed by atoms with Crippen molar-refractivity contribution in [3.05, 3.63) is 0 Å².